The van der Waals surface area contributed by atoms with Crippen molar-refractivity contribution in [3.63, 3.8) is 0 Å². The number of aromatic nitrogens is 2. The maximum absolute atomic E-state index is 13.9. The number of ether oxygens (including phenoxy) is 2. The SMILES string of the molecule is CC(C)(C)OC(=O)NCCCNc1ccc(SNC(=O)c2ccc(N3CCN(Cc4ccccc4-c4ccc(Cl)cc4)CC3)cc2Oc2cnc3[nH]ccc3c2)cc1SC(F)(F)F. The highest BCUT2D eigenvalue weighted by molar-refractivity contribution is 8.00. The van der Waals surface area contributed by atoms with E-state index in [1.165, 1.54) is 23.3 Å². The molecule has 0 aliphatic carbocycles. The number of nitrogens with zero attached hydrogens (tertiary/aromatic N) is 3. The van der Waals surface area contributed by atoms with E-state index in [0.29, 0.717) is 40.0 Å². The van der Waals surface area contributed by atoms with Crippen LogP contribution in [0.15, 0.2) is 119 Å². The monoisotopic (exact) mass is 917 g/mol. The lowest BCUT2D eigenvalue weighted by atomic mass is 9.99. The summed E-state index contributed by atoms with van der Waals surface area (Å²) in [6, 6.07) is 29.9. The van der Waals surface area contributed by atoms with Gasteiger partial charge in [-0.15, -0.1) is 0 Å². The number of pyridine rings is 1. The maximum atomic E-state index is 13.9. The second-order valence-electron chi connectivity index (χ2n) is 15.7. The lowest BCUT2D eigenvalue weighted by molar-refractivity contribution is -0.0328. The molecule has 6 aromatic rings. The minimum atomic E-state index is -4.55. The Morgan fingerprint density at radius 2 is 1.68 bits per heavy atom. The van der Waals surface area contributed by atoms with E-state index in [2.05, 4.69) is 53.3 Å². The van der Waals surface area contributed by atoms with E-state index in [4.69, 9.17) is 21.1 Å². The Kier molecular flexibility index (Phi) is 14.7. The number of benzene rings is 4. The van der Waals surface area contributed by atoms with Gasteiger partial charge in [-0.2, -0.15) is 13.2 Å². The number of H-pyrrole nitrogens is 1. The molecule has 3 heterocycles. The molecule has 1 saturated heterocycles. The third kappa shape index (κ3) is 13.0. The van der Waals surface area contributed by atoms with Gasteiger partial charge in [-0.1, -0.05) is 48.0 Å². The van der Waals surface area contributed by atoms with Gasteiger partial charge in [0.05, 0.1) is 11.8 Å². The first-order valence-corrected chi connectivity index (χ1v) is 22.3. The molecule has 63 heavy (non-hydrogen) atoms. The van der Waals surface area contributed by atoms with E-state index in [0.717, 1.165) is 61.3 Å². The summed E-state index contributed by atoms with van der Waals surface area (Å²) in [7, 11) is 0. The highest BCUT2D eigenvalue weighted by atomic mass is 35.5. The van der Waals surface area contributed by atoms with Gasteiger partial charge >= 0.3 is 11.6 Å². The summed E-state index contributed by atoms with van der Waals surface area (Å²) in [5.41, 5.74) is 0.402. The number of aromatic amines is 1. The molecule has 1 aliphatic heterocycles. The molecule has 2 amide bonds. The second kappa shape index (κ2) is 20.3. The maximum Gasteiger partial charge on any atom is 0.446 e. The number of alkyl carbamates (subject to hydrolysis) is 1. The van der Waals surface area contributed by atoms with Crippen LogP contribution in [0.1, 0.15) is 43.1 Å². The van der Waals surface area contributed by atoms with Crippen LogP contribution in [0.5, 0.6) is 11.5 Å². The first kappa shape index (κ1) is 45.5. The molecule has 1 fully saturated rings. The zero-order valence-corrected chi connectivity index (χ0v) is 37.2. The number of hydrogen-bond donors (Lipinski definition) is 4. The predicted octanol–water partition coefficient (Wildman–Crippen LogP) is 11.4. The van der Waals surface area contributed by atoms with E-state index in [1.807, 2.05) is 54.6 Å². The van der Waals surface area contributed by atoms with Crippen molar-refractivity contribution in [1.82, 2.24) is 24.9 Å². The molecule has 330 valence electrons. The number of hydrogen-bond acceptors (Lipinski definition) is 10. The zero-order valence-electron chi connectivity index (χ0n) is 34.9. The number of fused-ring (bicyclic) bond motifs is 1. The average molecular weight is 919 g/mol. The van der Waals surface area contributed by atoms with Crippen LogP contribution < -0.4 is 25.0 Å². The van der Waals surface area contributed by atoms with Crippen molar-refractivity contribution in [3.8, 4) is 22.6 Å². The highest BCUT2D eigenvalue weighted by Crippen LogP contribution is 2.42. The fraction of sp³-hybridized carbons (Fsp3) is 0.283. The minimum Gasteiger partial charge on any atom is -0.455 e. The van der Waals surface area contributed by atoms with Gasteiger partial charge in [-0.05, 0) is 122 Å². The molecule has 17 heteroatoms. The second-order valence-corrected chi connectivity index (χ2v) is 18.2. The summed E-state index contributed by atoms with van der Waals surface area (Å²) in [6.07, 6.45) is 3.23. The summed E-state index contributed by atoms with van der Waals surface area (Å²) in [6.45, 7) is 9.73. The third-order valence-corrected chi connectivity index (χ3v) is 11.7. The smallest absolute Gasteiger partial charge is 0.446 e. The van der Waals surface area contributed by atoms with Gasteiger partial charge in [0.2, 0.25) is 0 Å². The van der Waals surface area contributed by atoms with Crippen LogP contribution in [0.3, 0.4) is 0 Å². The summed E-state index contributed by atoms with van der Waals surface area (Å²) in [5, 5.41) is 7.20. The van der Waals surface area contributed by atoms with E-state index < -0.39 is 23.1 Å². The number of anilines is 2. The first-order chi connectivity index (χ1) is 30.2. The topological polar surface area (TPSA) is 124 Å². The summed E-state index contributed by atoms with van der Waals surface area (Å²) >= 11 is 6.81. The number of carbonyl (C=O) groups is 2. The number of carbonyl (C=O) groups excluding carboxylic acids is 2. The van der Waals surface area contributed by atoms with E-state index >= 15 is 0 Å². The average Bonchev–Trinajstić information content (AvgIpc) is 3.71. The van der Waals surface area contributed by atoms with Crippen molar-refractivity contribution in [1.29, 1.82) is 0 Å². The Balaban J connectivity index is 1.02. The molecular formula is C46H47ClF3N7O4S2. The molecule has 0 spiro atoms. The summed E-state index contributed by atoms with van der Waals surface area (Å²) in [4.78, 5) is 38.3. The van der Waals surface area contributed by atoms with Crippen molar-refractivity contribution in [2.24, 2.45) is 0 Å². The molecule has 11 nitrogen and oxygen atoms in total. The third-order valence-electron chi connectivity index (χ3n) is 9.89. The molecule has 0 saturated carbocycles. The molecule has 2 aromatic heterocycles. The number of alkyl halides is 3. The van der Waals surface area contributed by atoms with Crippen molar-refractivity contribution in [3.05, 3.63) is 126 Å². The fourth-order valence-corrected chi connectivity index (χ4v) is 8.47. The number of nitrogens with one attached hydrogen (secondary N) is 4. The molecule has 0 atom stereocenters. The minimum absolute atomic E-state index is 0.0614. The normalized spacial score (nSPS) is 13.5. The first-order valence-electron chi connectivity index (χ1n) is 20.3. The van der Waals surface area contributed by atoms with Gasteiger partial charge in [-0.25, -0.2) is 9.78 Å². The Morgan fingerprint density at radius 3 is 2.44 bits per heavy atom. The summed E-state index contributed by atoms with van der Waals surface area (Å²) < 4.78 is 55.4. The molecule has 4 N–H and O–H groups in total. The molecule has 0 radical (unpaired) electrons. The van der Waals surface area contributed by atoms with Gasteiger partial charge in [0, 0.05) is 89.7 Å². The predicted molar refractivity (Wildman–Crippen MR) is 246 cm³/mol. The Labute approximate surface area is 377 Å². The number of piperazine rings is 1. The quantitative estimate of drug-likeness (QED) is 0.0450. The molecule has 0 bridgehead atoms. The lowest BCUT2D eigenvalue weighted by Crippen LogP contribution is -2.46. The summed E-state index contributed by atoms with van der Waals surface area (Å²) in [5.74, 6) is 0.240. The fourth-order valence-electron chi connectivity index (χ4n) is 6.95. The molecule has 0 unspecified atom stereocenters. The van der Waals surface area contributed by atoms with Crippen LogP contribution in [0.4, 0.5) is 29.3 Å². The molecular weight excluding hydrogens is 871 g/mol. The Bertz CT molecular complexity index is 2530. The number of rotatable bonds is 15. The van der Waals surface area contributed by atoms with Crippen LogP contribution in [0.25, 0.3) is 22.2 Å². The standard InChI is InChI=1S/C46H47ClF3N7O4S2/c1-45(2,3)61-44(59)53-19-6-18-51-39-16-14-36(27-41(39)62-46(48,49)50)63-55-43(58)38-15-13-34(26-40(38)60-35-25-31-17-20-52-42(31)54-28-35)57-23-21-56(22-24-57)29-32-7-4-5-8-37(32)30-9-11-33(47)12-10-30/h4-5,7-17,20,25-28,51H,6,18-19,21-24,29H2,1-3H3,(H,52,54)(H,53,59)(H,55,58). The van der Waals surface area contributed by atoms with Crippen molar-refractivity contribution >= 4 is 69.7 Å². The van der Waals surface area contributed by atoms with Gasteiger partial charge < -0.3 is 30.0 Å². The van der Waals surface area contributed by atoms with Crippen LogP contribution in [0.2, 0.25) is 5.02 Å². The van der Waals surface area contributed by atoms with Crippen LogP contribution in [-0.2, 0) is 11.3 Å². The van der Waals surface area contributed by atoms with Crippen LogP contribution in [-0.4, -0.2) is 77.2 Å². The van der Waals surface area contributed by atoms with Crippen LogP contribution in [0, 0.1) is 0 Å². The lowest BCUT2D eigenvalue weighted by Gasteiger charge is -2.36. The Hall–Kier alpha value is -5.55. The van der Waals surface area contributed by atoms with Gasteiger partial charge in [0.15, 0.2) is 0 Å². The molecule has 1 aliphatic rings. The number of amides is 2. The van der Waals surface area contributed by atoms with Crippen LogP contribution >= 0.6 is 35.3 Å². The Morgan fingerprint density at radius 1 is 0.905 bits per heavy atom. The van der Waals surface area contributed by atoms with Crippen molar-refractivity contribution < 1.29 is 32.2 Å². The van der Waals surface area contributed by atoms with Gasteiger partial charge in [0.25, 0.3) is 5.91 Å². The van der Waals surface area contributed by atoms with Gasteiger partial charge in [-0.3, -0.25) is 14.4 Å². The molecule has 7 rings (SSSR count). The van der Waals surface area contributed by atoms with E-state index in [1.54, 1.807) is 45.3 Å². The van der Waals surface area contributed by atoms with E-state index in [9.17, 15) is 22.8 Å². The van der Waals surface area contributed by atoms with E-state index in [-0.39, 0.29) is 34.5 Å². The van der Waals surface area contributed by atoms with Gasteiger partial charge in [0.1, 0.15) is 22.7 Å². The zero-order chi connectivity index (χ0) is 44.6. The van der Waals surface area contributed by atoms with Crippen molar-refractivity contribution in [2.45, 2.75) is 54.6 Å². The molecule has 4 aromatic carbocycles. The number of halogens is 4. The largest absolute Gasteiger partial charge is 0.455 e. The highest BCUT2D eigenvalue weighted by Gasteiger charge is 2.31. The van der Waals surface area contributed by atoms with Crippen molar-refractivity contribution in [2.75, 3.05) is 49.5 Å². The number of thioether (sulfide) groups is 1.